The molecule has 1 aromatic carbocycles. The van der Waals surface area contributed by atoms with E-state index < -0.39 is 46.6 Å². The number of nitrogens with one attached hydrogen (secondary N) is 1. The highest BCUT2D eigenvalue weighted by Crippen LogP contribution is 2.38. The molecule has 142 valence electrons. The summed E-state index contributed by atoms with van der Waals surface area (Å²) >= 11 is 0. The fourth-order valence-corrected chi connectivity index (χ4v) is 2.08. The molecular weight excluding hydrogens is 372 g/mol. The van der Waals surface area contributed by atoms with Gasteiger partial charge in [0.15, 0.2) is 6.61 Å². The number of nitrogens with zero attached hydrogens (tertiary/aromatic N) is 2. The predicted molar refractivity (Wildman–Crippen MR) is 75.4 cm³/mol. The Hall–Kier alpha value is -2.79. The van der Waals surface area contributed by atoms with Crippen LogP contribution >= 0.6 is 0 Å². The molecule has 1 heterocycles. The van der Waals surface area contributed by atoms with Crippen LogP contribution < -0.4 is 4.74 Å². The van der Waals surface area contributed by atoms with Gasteiger partial charge < -0.3 is 14.9 Å². The van der Waals surface area contributed by atoms with E-state index in [9.17, 15) is 36.5 Å². The average molecular weight is 383 g/mol. The fraction of sp³-hybridized carbons (Fsp3) is 0.357. The summed E-state index contributed by atoms with van der Waals surface area (Å²) in [6.45, 7) is 1.02. The van der Waals surface area contributed by atoms with E-state index in [1.54, 1.807) is 6.92 Å². The van der Waals surface area contributed by atoms with Crippen LogP contribution in [0.5, 0.6) is 5.75 Å². The molecular formula is C14H11F6N3O3. The summed E-state index contributed by atoms with van der Waals surface area (Å²) < 4.78 is 81.6. The zero-order valence-electron chi connectivity index (χ0n) is 13.0. The Labute approximate surface area is 142 Å². The molecule has 0 atom stereocenters. The van der Waals surface area contributed by atoms with Gasteiger partial charge in [-0.1, -0.05) is 6.92 Å². The minimum Gasteiger partial charge on any atom is -0.483 e. The van der Waals surface area contributed by atoms with E-state index in [0.717, 1.165) is 0 Å². The van der Waals surface area contributed by atoms with Crippen molar-refractivity contribution in [3.8, 4) is 5.75 Å². The van der Waals surface area contributed by atoms with Gasteiger partial charge in [-0.15, -0.1) is 0 Å². The quantitative estimate of drug-likeness (QED) is 0.468. The number of H-pyrrole nitrogens is 1. The van der Waals surface area contributed by atoms with Crippen LogP contribution in [0.4, 0.5) is 32.2 Å². The van der Waals surface area contributed by atoms with Crippen molar-refractivity contribution in [1.82, 2.24) is 9.97 Å². The normalized spacial score (nSPS) is 12.3. The predicted octanol–water partition coefficient (Wildman–Crippen LogP) is 4.50. The monoisotopic (exact) mass is 383 g/mol. The summed E-state index contributed by atoms with van der Waals surface area (Å²) in [6, 6.07) is 0.792. The number of halogens is 6. The molecule has 0 aliphatic carbocycles. The van der Waals surface area contributed by atoms with Gasteiger partial charge in [0.25, 0.3) is 0 Å². The highest BCUT2D eigenvalue weighted by Gasteiger charge is 2.37. The maximum atomic E-state index is 12.8. The molecule has 0 aliphatic rings. The van der Waals surface area contributed by atoms with E-state index in [0.29, 0.717) is 12.1 Å². The number of aromatic nitrogens is 2. The molecule has 0 unspecified atom stereocenters. The molecule has 0 bridgehead atoms. The van der Waals surface area contributed by atoms with Crippen LogP contribution in [0.15, 0.2) is 18.2 Å². The van der Waals surface area contributed by atoms with E-state index in [1.807, 2.05) is 0 Å². The fourth-order valence-electron chi connectivity index (χ4n) is 2.08. The number of ether oxygens (including phenoxy) is 1. The molecule has 26 heavy (non-hydrogen) atoms. The first kappa shape index (κ1) is 19.5. The topological polar surface area (TPSA) is 81.0 Å². The van der Waals surface area contributed by atoms with Gasteiger partial charge in [-0.05, 0) is 29.5 Å². The Morgan fingerprint density at radius 2 is 1.65 bits per heavy atom. The molecule has 0 saturated carbocycles. The molecule has 2 rings (SSSR count). The molecule has 0 spiro atoms. The van der Waals surface area contributed by atoms with E-state index >= 15 is 0 Å². The van der Waals surface area contributed by atoms with Crippen LogP contribution in [0.1, 0.15) is 29.6 Å². The number of benzene rings is 1. The molecule has 1 N–H and O–H groups in total. The average Bonchev–Trinajstić information content (AvgIpc) is 2.94. The minimum atomic E-state index is -5.00. The second-order valence-corrected chi connectivity index (χ2v) is 5.12. The van der Waals surface area contributed by atoms with E-state index in [2.05, 4.69) is 9.97 Å². The largest absolute Gasteiger partial charge is 0.483 e. The third kappa shape index (κ3) is 4.43. The van der Waals surface area contributed by atoms with Gasteiger partial charge in [0, 0.05) is 0 Å². The SMILES string of the molecule is CCc1nc(COc2cc(C(F)(F)F)cc(C(F)(F)F)c2)[nH]c1[N+](=O)[O-]. The van der Waals surface area contributed by atoms with Crippen LogP contribution in [-0.2, 0) is 25.4 Å². The maximum Gasteiger partial charge on any atom is 0.416 e. The Morgan fingerprint density at radius 1 is 1.12 bits per heavy atom. The summed E-state index contributed by atoms with van der Waals surface area (Å²) in [7, 11) is 0. The van der Waals surface area contributed by atoms with Crippen molar-refractivity contribution in [2.24, 2.45) is 0 Å². The van der Waals surface area contributed by atoms with Gasteiger partial charge >= 0.3 is 18.2 Å². The summed E-state index contributed by atoms with van der Waals surface area (Å²) in [4.78, 5) is 16.2. The maximum absolute atomic E-state index is 12.8. The Balaban J connectivity index is 2.30. The van der Waals surface area contributed by atoms with E-state index in [-0.39, 0.29) is 24.0 Å². The Kier molecular flexibility index (Phi) is 5.14. The van der Waals surface area contributed by atoms with Crippen LogP contribution in [0, 0.1) is 10.1 Å². The standard InChI is InChI=1S/C14H11F6N3O3/c1-2-10-12(23(24)25)22-11(21-10)6-26-9-4-7(13(15,16)17)3-8(5-9)14(18,19)20/h3-5H,2,6H2,1H3,(H,21,22). The molecule has 0 radical (unpaired) electrons. The van der Waals surface area contributed by atoms with Crippen LogP contribution in [-0.4, -0.2) is 14.9 Å². The molecule has 0 fully saturated rings. The van der Waals surface area contributed by atoms with Crippen molar-refractivity contribution < 1.29 is 36.0 Å². The van der Waals surface area contributed by atoms with Crippen molar-refractivity contribution in [2.45, 2.75) is 32.3 Å². The Bertz CT molecular complexity index is 781. The van der Waals surface area contributed by atoms with Crippen molar-refractivity contribution >= 4 is 5.82 Å². The van der Waals surface area contributed by atoms with Gasteiger partial charge in [-0.25, -0.2) is 9.97 Å². The number of hydrogen-bond acceptors (Lipinski definition) is 4. The van der Waals surface area contributed by atoms with Crippen LogP contribution in [0.3, 0.4) is 0 Å². The van der Waals surface area contributed by atoms with Gasteiger partial charge in [0.2, 0.25) is 5.82 Å². The highest BCUT2D eigenvalue weighted by atomic mass is 19.4. The molecule has 1 aromatic heterocycles. The first-order chi connectivity index (χ1) is 11.9. The highest BCUT2D eigenvalue weighted by molar-refractivity contribution is 5.37. The number of hydrogen-bond donors (Lipinski definition) is 1. The van der Waals surface area contributed by atoms with Gasteiger partial charge in [0.05, 0.1) is 11.1 Å². The molecule has 12 heteroatoms. The zero-order chi connectivity index (χ0) is 19.7. The van der Waals surface area contributed by atoms with Crippen molar-refractivity contribution in [1.29, 1.82) is 0 Å². The number of alkyl halides is 6. The lowest BCUT2D eigenvalue weighted by Crippen LogP contribution is -2.11. The molecule has 0 amide bonds. The van der Waals surface area contributed by atoms with Gasteiger partial charge in [-0.2, -0.15) is 26.3 Å². The number of aryl methyl sites for hydroxylation is 1. The van der Waals surface area contributed by atoms with Crippen molar-refractivity contribution in [3.05, 3.63) is 51.0 Å². The lowest BCUT2D eigenvalue weighted by atomic mass is 10.1. The number of rotatable bonds is 5. The van der Waals surface area contributed by atoms with E-state index in [4.69, 9.17) is 4.74 Å². The molecule has 6 nitrogen and oxygen atoms in total. The zero-order valence-corrected chi connectivity index (χ0v) is 13.0. The summed E-state index contributed by atoms with van der Waals surface area (Å²) in [6.07, 6.45) is -9.80. The third-order valence-electron chi connectivity index (χ3n) is 3.26. The summed E-state index contributed by atoms with van der Waals surface area (Å²) in [5.41, 5.74) is -2.96. The minimum absolute atomic E-state index is 0.0280. The van der Waals surface area contributed by atoms with Gasteiger partial charge in [0.1, 0.15) is 11.4 Å². The van der Waals surface area contributed by atoms with Crippen LogP contribution in [0.25, 0.3) is 0 Å². The van der Waals surface area contributed by atoms with Gasteiger partial charge in [-0.3, -0.25) is 0 Å². The molecule has 2 aromatic rings. The smallest absolute Gasteiger partial charge is 0.416 e. The number of nitro groups is 1. The first-order valence-corrected chi connectivity index (χ1v) is 7.06. The lowest BCUT2D eigenvalue weighted by molar-refractivity contribution is -0.390. The third-order valence-corrected chi connectivity index (χ3v) is 3.26. The van der Waals surface area contributed by atoms with E-state index in [1.165, 1.54) is 0 Å². The second kappa shape index (κ2) is 6.84. The Morgan fingerprint density at radius 3 is 2.04 bits per heavy atom. The van der Waals surface area contributed by atoms with Crippen LogP contribution in [0.2, 0.25) is 0 Å². The van der Waals surface area contributed by atoms with Crippen molar-refractivity contribution in [3.63, 3.8) is 0 Å². The number of aromatic amines is 1. The number of imidazole rings is 1. The molecule has 0 aliphatic heterocycles. The van der Waals surface area contributed by atoms with Crippen molar-refractivity contribution in [2.75, 3.05) is 0 Å². The lowest BCUT2D eigenvalue weighted by Gasteiger charge is -2.14. The second-order valence-electron chi connectivity index (χ2n) is 5.12. The molecule has 0 saturated heterocycles. The first-order valence-electron chi connectivity index (χ1n) is 7.06. The summed E-state index contributed by atoms with van der Waals surface area (Å²) in [5.74, 6) is -1.20. The summed E-state index contributed by atoms with van der Waals surface area (Å²) in [5, 5.41) is 10.8.